The minimum Gasteiger partial charge on any atom is -0.341 e. The van der Waals surface area contributed by atoms with E-state index < -0.39 is 0 Å². The molecule has 0 radical (unpaired) electrons. The highest BCUT2D eigenvalue weighted by atomic mass is 79.9. The number of benzene rings is 1. The van der Waals surface area contributed by atoms with Crippen molar-refractivity contribution in [3.63, 3.8) is 0 Å². The number of carbonyl (C=O) groups is 2. The van der Waals surface area contributed by atoms with Gasteiger partial charge >= 0.3 is 0 Å². The Morgan fingerprint density at radius 2 is 1.92 bits per heavy atom. The number of rotatable bonds is 5. The van der Waals surface area contributed by atoms with Gasteiger partial charge in [-0.15, -0.1) is 0 Å². The third-order valence-electron chi connectivity index (χ3n) is 5.05. The summed E-state index contributed by atoms with van der Waals surface area (Å²) in [6.45, 7) is 10.0. The molecule has 0 saturated carbocycles. The van der Waals surface area contributed by atoms with Crippen molar-refractivity contribution in [2.75, 3.05) is 32.0 Å². The van der Waals surface area contributed by atoms with E-state index >= 15 is 0 Å². The third-order valence-corrected chi connectivity index (χ3v) is 5.55. The summed E-state index contributed by atoms with van der Waals surface area (Å²) in [5.41, 5.74) is 1.79. The number of carbonyl (C=O) groups excluding carboxylic acids is 2. The lowest BCUT2D eigenvalue weighted by Gasteiger charge is -2.38. The topological polar surface area (TPSA) is 52.7 Å². The van der Waals surface area contributed by atoms with Crippen molar-refractivity contribution < 1.29 is 9.59 Å². The number of anilines is 1. The summed E-state index contributed by atoms with van der Waals surface area (Å²) in [6.07, 6.45) is 1.17. The van der Waals surface area contributed by atoms with E-state index in [0.29, 0.717) is 11.8 Å². The molecular weight excluding hydrogens is 394 g/mol. The molecule has 1 heterocycles. The predicted molar refractivity (Wildman–Crippen MR) is 109 cm³/mol. The summed E-state index contributed by atoms with van der Waals surface area (Å²) in [5, 5.41) is 2.93. The Balaban J connectivity index is 1.92. The van der Waals surface area contributed by atoms with Gasteiger partial charge in [0.05, 0.1) is 12.6 Å². The first kappa shape index (κ1) is 20.9. The number of hydrogen-bond acceptors (Lipinski definition) is 3. The van der Waals surface area contributed by atoms with Crippen molar-refractivity contribution in [3.8, 4) is 0 Å². The van der Waals surface area contributed by atoms with Crippen LogP contribution in [0.1, 0.15) is 32.8 Å². The van der Waals surface area contributed by atoms with Crippen molar-refractivity contribution in [1.29, 1.82) is 0 Å². The number of hydrogen-bond donors (Lipinski definition) is 1. The molecule has 1 saturated heterocycles. The number of likely N-dealkylation sites (N-methyl/N-ethyl adjacent to an activating group) is 1. The fourth-order valence-electron chi connectivity index (χ4n) is 3.62. The lowest BCUT2D eigenvalue weighted by molar-refractivity contribution is -0.139. The van der Waals surface area contributed by atoms with Crippen molar-refractivity contribution >= 4 is 33.4 Å². The number of halogens is 1. The summed E-state index contributed by atoms with van der Waals surface area (Å²) in [5.74, 6) is 1.06. The Labute approximate surface area is 165 Å². The number of nitrogens with zero attached hydrogens (tertiary/aromatic N) is 2. The molecule has 144 valence electrons. The molecule has 1 N–H and O–H groups in total. The van der Waals surface area contributed by atoms with E-state index in [2.05, 4.69) is 35.1 Å². The van der Waals surface area contributed by atoms with Crippen molar-refractivity contribution in [3.05, 3.63) is 28.2 Å². The van der Waals surface area contributed by atoms with Gasteiger partial charge in [0.25, 0.3) is 0 Å². The van der Waals surface area contributed by atoms with Gasteiger partial charge in [-0.2, -0.15) is 0 Å². The van der Waals surface area contributed by atoms with E-state index in [4.69, 9.17) is 0 Å². The first-order valence-electron chi connectivity index (χ1n) is 9.22. The van der Waals surface area contributed by atoms with E-state index in [1.54, 1.807) is 0 Å². The van der Waals surface area contributed by atoms with Crippen LogP contribution in [0.4, 0.5) is 5.69 Å². The first-order chi connectivity index (χ1) is 12.2. The van der Waals surface area contributed by atoms with Crippen LogP contribution in [-0.2, 0) is 9.59 Å². The Hall–Kier alpha value is -1.40. The molecule has 26 heavy (non-hydrogen) atoms. The molecule has 1 fully saturated rings. The molecule has 1 aliphatic heterocycles. The Bertz CT molecular complexity index is 654. The fraction of sp³-hybridized carbons (Fsp3) is 0.600. The van der Waals surface area contributed by atoms with E-state index in [0.717, 1.165) is 28.8 Å². The molecule has 2 rings (SSSR count). The van der Waals surface area contributed by atoms with Gasteiger partial charge in [0.15, 0.2) is 0 Å². The lowest BCUT2D eigenvalue weighted by Crippen LogP contribution is -2.51. The summed E-state index contributed by atoms with van der Waals surface area (Å²) in [4.78, 5) is 29.0. The van der Waals surface area contributed by atoms with Crippen molar-refractivity contribution in [2.45, 2.75) is 40.2 Å². The minimum absolute atomic E-state index is 0.110. The molecular formula is C20H30BrN3O2. The summed E-state index contributed by atoms with van der Waals surface area (Å²) in [6, 6.07) is 5.42. The van der Waals surface area contributed by atoms with E-state index in [1.807, 2.05) is 48.9 Å². The van der Waals surface area contributed by atoms with Gasteiger partial charge in [-0.05, 0) is 62.9 Å². The summed E-state index contributed by atoms with van der Waals surface area (Å²) in [7, 11) is 1.83. The van der Waals surface area contributed by atoms with Crippen LogP contribution >= 0.6 is 15.9 Å². The molecule has 1 aromatic carbocycles. The number of piperidine rings is 1. The van der Waals surface area contributed by atoms with Crippen LogP contribution in [0, 0.1) is 18.8 Å². The number of amides is 2. The highest BCUT2D eigenvalue weighted by molar-refractivity contribution is 9.10. The van der Waals surface area contributed by atoms with Crippen molar-refractivity contribution in [2.24, 2.45) is 11.8 Å². The second-order valence-electron chi connectivity index (χ2n) is 7.79. The van der Waals surface area contributed by atoms with E-state index in [-0.39, 0.29) is 24.4 Å². The smallest absolute Gasteiger partial charge is 0.239 e. The van der Waals surface area contributed by atoms with Gasteiger partial charge in [0, 0.05) is 23.2 Å². The van der Waals surface area contributed by atoms with Gasteiger partial charge in [0.2, 0.25) is 11.8 Å². The van der Waals surface area contributed by atoms with Crippen LogP contribution in [-0.4, -0.2) is 54.3 Å². The summed E-state index contributed by atoms with van der Waals surface area (Å²) < 4.78 is 0.981. The molecule has 0 aromatic heterocycles. The first-order valence-corrected chi connectivity index (χ1v) is 10.0. The molecule has 5 nitrogen and oxygen atoms in total. The Morgan fingerprint density at radius 3 is 2.50 bits per heavy atom. The Kier molecular flexibility index (Phi) is 7.24. The van der Waals surface area contributed by atoms with Crippen LogP contribution in [0.2, 0.25) is 0 Å². The zero-order valence-electron chi connectivity index (χ0n) is 16.4. The average Bonchev–Trinajstić information content (AvgIpc) is 2.55. The minimum atomic E-state index is -0.315. The number of nitrogens with one attached hydrogen (secondary N) is 1. The van der Waals surface area contributed by atoms with Gasteiger partial charge in [-0.3, -0.25) is 14.5 Å². The predicted octanol–water partition coefficient (Wildman–Crippen LogP) is 3.52. The maximum absolute atomic E-state index is 12.8. The zero-order valence-corrected chi connectivity index (χ0v) is 18.0. The second-order valence-corrected chi connectivity index (χ2v) is 8.70. The van der Waals surface area contributed by atoms with Crippen LogP contribution in [0.3, 0.4) is 0 Å². The molecule has 0 spiro atoms. The number of likely N-dealkylation sites (tertiary alicyclic amines) is 1. The van der Waals surface area contributed by atoms with Crippen LogP contribution in [0.15, 0.2) is 22.7 Å². The Morgan fingerprint density at radius 1 is 1.31 bits per heavy atom. The SMILES string of the molecule is Cc1cc(Br)ccc1NC(=O)CN(C)[C@@H](C)C(=O)N1C[C@H](C)C[C@H](C)C1. The fourth-order valence-corrected chi connectivity index (χ4v) is 4.09. The molecule has 0 bridgehead atoms. The normalized spacial score (nSPS) is 21.6. The van der Waals surface area contributed by atoms with Crippen LogP contribution < -0.4 is 5.32 Å². The molecule has 6 heteroatoms. The second kappa shape index (κ2) is 9.00. The monoisotopic (exact) mass is 423 g/mol. The molecule has 2 amide bonds. The molecule has 3 atom stereocenters. The largest absolute Gasteiger partial charge is 0.341 e. The molecule has 1 aromatic rings. The van der Waals surface area contributed by atoms with Gasteiger partial charge in [-0.1, -0.05) is 29.8 Å². The van der Waals surface area contributed by atoms with E-state index in [9.17, 15) is 9.59 Å². The highest BCUT2D eigenvalue weighted by Crippen LogP contribution is 2.22. The van der Waals surface area contributed by atoms with Gasteiger partial charge in [0.1, 0.15) is 0 Å². The van der Waals surface area contributed by atoms with E-state index in [1.165, 1.54) is 6.42 Å². The maximum Gasteiger partial charge on any atom is 0.239 e. The zero-order chi connectivity index (χ0) is 19.4. The molecule has 1 aliphatic rings. The quantitative estimate of drug-likeness (QED) is 0.787. The molecule has 0 unspecified atom stereocenters. The third kappa shape index (κ3) is 5.55. The van der Waals surface area contributed by atoms with Gasteiger partial charge in [-0.25, -0.2) is 0 Å². The van der Waals surface area contributed by atoms with Gasteiger partial charge < -0.3 is 10.2 Å². The average molecular weight is 424 g/mol. The lowest BCUT2D eigenvalue weighted by atomic mass is 9.91. The highest BCUT2D eigenvalue weighted by Gasteiger charge is 2.30. The van der Waals surface area contributed by atoms with Crippen molar-refractivity contribution in [1.82, 2.24) is 9.80 Å². The maximum atomic E-state index is 12.8. The molecule has 0 aliphatic carbocycles. The number of aryl methyl sites for hydroxylation is 1. The summed E-state index contributed by atoms with van der Waals surface area (Å²) >= 11 is 3.42. The van der Waals surface area contributed by atoms with Crippen LogP contribution in [0.25, 0.3) is 0 Å². The van der Waals surface area contributed by atoms with Crippen LogP contribution in [0.5, 0.6) is 0 Å². The standard InChI is InChI=1S/C20H30BrN3O2/c1-13-8-14(2)11-24(10-13)20(26)16(4)23(5)12-19(25)22-18-7-6-17(21)9-15(18)3/h6-7,9,13-14,16H,8,10-12H2,1-5H3,(H,22,25)/t13-,14+,16-/m0/s1.